The lowest BCUT2D eigenvalue weighted by Gasteiger charge is -2.21. The highest BCUT2D eigenvalue weighted by Gasteiger charge is 2.16. The van der Waals surface area contributed by atoms with Crippen molar-refractivity contribution in [3.8, 4) is 11.1 Å². The fourth-order valence-corrected chi connectivity index (χ4v) is 4.27. The first-order valence-corrected chi connectivity index (χ1v) is 12.3. The predicted molar refractivity (Wildman–Crippen MR) is 130 cm³/mol. The summed E-state index contributed by atoms with van der Waals surface area (Å²) in [6.07, 6.45) is 5.08. The van der Waals surface area contributed by atoms with Crippen LogP contribution in [0.15, 0.2) is 53.4 Å². The number of hydrogen-bond acceptors (Lipinski definition) is 3. The van der Waals surface area contributed by atoms with Gasteiger partial charge in [-0.15, -0.1) is 11.8 Å². The van der Waals surface area contributed by atoms with E-state index in [2.05, 4.69) is 77.1 Å². The van der Waals surface area contributed by atoms with E-state index in [0.717, 1.165) is 18.6 Å². The summed E-state index contributed by atoms with van der Waals surface area (Å²) in [7, 11) is 0. The van der Waals surface area contributed by atoms with Gasteiger partial charge in [-0.05, 0) is 46.6 Å². The van der Waals surface area contributed by atoms with Crippen molar-refractivity contribution in [1.29, 1.82) is 0 Å². The summed E-state index contributed by atoms with van der Waals surface area (Å²) in [6.45, 7) is 11.7. The summed E-state index contributed by atoms with van der Waals surface area (Å²) in [5.74, 6) is 1.16. The molecule has 0 saturated heterocycles. The zero-order valence-electron chi connectivity index (χ0n) is 19.4. The van der Waals surface area contributed by atoms with Crippen molar-refractivity contribution in [2.24, 2.45) is 5.92 Å². The van der Waals surface area contributed by atoms with E-state index in [4.69, 9.17) is 4.74 Å². The highest BCUT2D eigenvalue weighted by Crippen LogP contribution is 2.33. The van der Waals surface area contributed by atoms with Gasteiger partial charge in [-0.2, -0.15) is 0 Å². The second kappa shape index (κ2) is 12.2. The Bertz CT molecular complexity index is 777. The van der Waals surface area contributed by atoms with E-state index in [1.807, 2.05) is 6.07 Å². The minimum absolute atomic E-state index is 0.0761. The van der Waals surface area contributed by atoms with Crippen LogP contribution in [-0.4, -0.2) is 18.3 Å². The third-order valence-electron chi connectivity index (χ3n) is 5.48. The first kappa shape index (κ1) is 24.5. The summed E-state index contributed by atoms with van der Waals surface area (Å²) in [6, 6.07) is 17.3. The fraction of sp³-hybridized carbons (Fsp3) is 0.519. The zero-order valence-corrected chi connectivity index (χ0v) is 20.2. The molecule has 0 heterocycles. The Labute approximate surface area is 187 Å². The average molecular weight is 427 g/mol. The van der Waals surface area contributed by atoms with Gasteiger partial charge >= 0.3 is 5.97 Å². The summed E-state index contributed by atoms with van der Waals surface area (Å²) < 4.78 is 5.55. The Kier molecular flexibility index (Phi) is 9.97. The normalized spacial score (nSPS) is 12.6. The van der Waals surface area contributed by atoms with Gasteiger partial charge in [-0.25, -0.2) is 0 Å². The number of esters is 1. The van der Waals surface area contributed by atoms with Crippen LogP contribution >= 0.6 is 11.8 Å². The maximum absolute atomic E-state index is 12.2. The molecule has 0 radical (unpaired) electrons. The van der Waals surface area contributed by atoms with Crippen LogP contribution in [0.4, 0.5) is 0 Å². The van der Waals surface area contributed by atoms with Crippen LogP contribution < -0.4 is 0 Å². The van der Waals surface area contributed by atoms with Crippen molar-refractivity contribution in [3.63, 3.8) is 0 Å². The highest BCUT2D eigenvalue weighted by atomic mass is 32.2. The molecule has 3 heteroatoms. The molecule has 0 aromatic heterocycles. The van der Waals surface area contributed by atoms with Crippen molar-refractivity contribution in [2.75, 3.05) is 12.4 Å². The van der Waals surface area contributed by atoms with Gasteiger partial charge in [0.25, 0.3) is 0 Å². The monoisotopic (exact) mass is 426 g/mol. The van der Waals surface area contributed by atoms with Crippen molar-refractivity contribution in [2.45, 2.75) is 77.0 Å². The molecule has 1 unspecified atom stereocenters. The first-order valence-electron chi connectivity index (χ1n) is 11.3. The molecular formula is C27H38O2S. The van der Waals surface area contributed by atoms with Crippen LogP contribution in [-0.2, 0) is 14.9 Å². The number of ether oxygens (including phenoxy) is 1. The first-order chi connectivity index (χ1) is 14.3. The smallest absolute Gasteiger partial charge is 0.306 e. The molecule has 164 valence electrons. The van der Waals surface area contributed by atoms with Crippen molar-refractivity contribution in [3.05, 3.63) is 54.1 Å². The van der Waals surface area contributed by atoms with Gasteiger partial charge in [0.05, 0.1) is 13.0 Å². The molecule has 0 saturated carbocycles. The van der Waals surface area contributed by atoms with Crippen LogP contribution in [0.5, 0.6) is 0 Å². The lowest BCUT2D eigenvalue weighted by molar-refractivity contribution is -0.144. The fourth-order valence-electron chi connectivity index (χ4n) is 3.35. The van der Waals surface area contributed by atoms with Gasteiger partial charge in [-0.3, -0.25) is 4.79 Å². The quantitative estimate of drug-likeness (QED) is 0.270. The molecule has 0 amide bonds. The molecule has 2 rings (SSSR count). The predicted octanol–water partition coefficient (Wildman–Crippen LogP) is 7.89. The summed E-state index contributed by atoms with van der Waals surface area (Å²) in [5.41, 5.74) is 3.85. The number of carbonyl (C=O) groups is 1. The van der Waals surface area contributed by atoms with Gasteiger partial charge in [0.15, 0.2) is 0 Å². The maximum atomic E-state index is 12.2. The van der Waals surface area contributed by atoms with Gasteiger partial charge in [0.1, 0.15) is 0 Å². The molecule has 0 aliphatic rings. The molecule has 30 heavy (non-hydrogen) atoms. The van der Waals surface area contributed by atoms with Gasteiger partial charge < -0.3 is 4.74 Å². The second-order valence-corrected chi connectivity index (χ2v) is 10.2. The van der Waals surface area contributed by atoms with E-state index in [1.165, 1.54) is 34.4 Å². The highest BCUT2D eigenvalue weighted by molar-refractivity contribution is 7.99. The van der Waals surface area contributed by atoms with E-state index < -0.39 is 0 Å². The Balaban J connectivity index is 1.96. The number of thioether (sulfide) groups is 1. The van der Waals surface area contributed by atoms with Crippen LogP contribution in [0.3, 0.4) is 0 Å². The summed E-state index contributed by atoms with van der Waals surface area (Å²) in [5, 5.41) is 0. The SMILES string of the molecule is CCCCC(CC)COC(=O)CCSc1cc(-c2ccccc2)cc(C(C)(C)C)c1. The molecule has 2 aromatic rings. The van der Waals surface area contributed by atoms with E-state index in [-0.39, 0.29) is 11.4 Å². The standard InChI is InChI=1S/C27H38O2S/c1-6-8-12-21(7-2)20-29-26(28)15-16-30-25-18-23(22-13-10-9-11-14-22)17-24(19-25)27(3,4)5/h9-11,13-14,17-19,21H,6-8,12,15-16,20H2,1-5H3. The molecule has 0 aliphatic heterocycles. The van der Waals surface area contributed by atoms with Crippen molar-refractivity contribution < 1.29 is 9.53 Å². The third-order valence-corrected chi connectivity index (χ3v) is 6.46. The van der Waals surface area contributed by atoms with Crippen LogP contribution in [0, 0.1) is 5.92 Å². The summed E-state index contributed by atoms with van der Waals surface area (Å²) in [4.78, 5) is 13.4. The number of benzene rings is 2. The van der Waals surface area contributed by atoms with E-state index in [0.29, 0.717) is 18.9 Å². The molecule has 0 N–H and O–H groups in total. The van der Waals surface area contributed by atoms with Crippen LogP contribution in [0.25, 0.3) is 11.1 Å². The molecule has 0 spiro atoms. The Hall–Kier alpha value is -1.74. The molecule has 1 atom stereocenters. The van der Waals surface area contributed by atoms with Crippen molar-refractivity contribution >= 4 is 17.7 Å². The minimum Gasteiger partial charge on any atom is -0.465 e. The number of hydrogen-bond donors (Lipinski definition) is 0. The maximum Gasteiger partial charge on any atom is 0.306 e. The third kappa shape index (κ3) is 8.18. The van der Waals surface area contributed by atoms with Crippen molar-refractivity contribution in [1.82, 2.24) is 0 Å². The zero-order chi connectivity index (χ0) is 22.0. The molecule has 0 bridgehead atoms. The van der Waals surface area contributed by atoms with Crippen LogP contribution in [0.2, 0.25) is 0 Å². The van der Waals surface area contributed by atoms with Crippen LogP contribution in [0.1, 0.15) is 72.3 Å². The number of carbonyl (C=O) groups excluding carboxylic acids is 1. The molecule has 0 fully saturated rings. The van der Waals surface area contributed by atoms with Gasteiger partial charge in [-0.1, -0.05) is 90.3 Å². The molecule has 2 aromatic carbocycles. The largest absolute Gasteiger partial charge is 0.465 e. The van der Waals surface area contributed by atoms with Gasteiger partial charge in [0, 0.05) is 10.6 Å². The van der Waals surface area contributed by atoms with E-state index in [1.54, 1.807) is 11.8 Å². The Morgan fingerprint density at radius 1 is 1.03 bits per heavy atom. The average Bonchev–Trinajstić information content (AvgIpc) is 2.73. The molecule has 2 nitrogen and oxygen atoms in total. The topological polar surface area (TPSA) is 26.3 Å². The van der Waals surface area contributed by atoms with E-state index >= 15 is 0 Å². The Morgan fingerprint density at radius 2 is 1.77 bits per heavy atom. The summed E-state index contributed by atoms with van der Waals surface area (Å²) >= 11 is 1.74. The molecular weight excluding hydrogens is 388 g/mol. The lowest BCUT2D eigenvalue weighted by Crippen LogP contribution is -2.14. The molecule has 0 aliphatic carbocycles. The number of unbranched alkanes of at least 4 members (excludes halogenated alkanes) is 1. The lowest BCUT2D eigenvalue weighted by atomic mass is 9.85. The van der Waals surface area contributed by atoms with E-state index in [9.17, 15) is 4.79 Å². The minimum atomic E-state index is -0.0762. The number of rotatable bonds is 11. The van der Waals surface area contributed by atoms with Gasteiger partial charge in [0.2, 0.25) is 0 Å². The second-order valence-electron chi connectivity index (χ2n) is 9.06. The Morgan fingerprint density at radius 3 is 2.40 bits per heavy atom.